The van der Waals surface area contributed by atoms with Gasteiger partial charge in [0.2, 0.25) is 5.91 Å². The van der Waals surface area contributed by atoms with Crippen LogP contribution in [0, 0.1) is 5.92 Å². The molecule has 6 nitrogen and oxygen atoms in total. The molecule has 144 valence electrons. The fourth-order valence-electron chi connectivity index (χ4n) is 3.93. The Kier molecular flexibility index (Phi) is 6.53. The smallest absolute Gasteiger partial charge is 0.321 e. The Bertz CT molecular complexity index is 678. The van der Waals surface area contributed by atoms with Gasteiger partial charge in [0.25, 0.3) is 0 Å². The summed E-state index contributed by atoms with van der Waals surface area (Å²) in [6.07, 6.45) is 4.66. The first-order valence-electron chi connectivity index (χ1n) is 9.20. The van der Waals surface area contributed by atoms with E-state index in [-0.39, 0.29) is 30.3 Å². The summed E-state index contributed by atoms with van der Waals surface area (Å²) in [7, 11) is 0. The first-order chi connectivity index (χ1) is 11.9. The number of hydrogen-bond donors (Lipinski definition) is 3. The van der Waals surface area contributed by atoms with E-state index in [9.17, 15) is 9.59 Å². The number of fused-ring (bicyclic) bond motifs is 1. The Morgan fingerprint density at radius 2 is 2.12 bits per heavy atom. The Balaban J connectivity index is 0.00000243. The molecule has 0 radical (unpaired) electrons. The molecule has 1 aliphatic heterocycles. The Hall–Kier alpha value is -1.79. The van der Waals surface area contributed by atoms with Gasteiger partial charge in [-0.3, -0.25) is 9.69 Å². The third-order valence-electron chi connectivity index (χ3n) is 5.39. The van der Waals surface area contributed by atoms with Gasteiger partial charge in [-0.15, -0.1) is 12.4 Å². The number of rotatable bonds is 3. The van der Waals surface area contributed by atoms with Crippen LogP contribution >= 0.6 is 12.4 Å². The maximum absolute atomic E-state index is 12.7. The van der Waals surface area contributed by atoms with Crippen LogP contribution in [0.5, 0.6) is 0 Å². The highest BCUT2D eigenvalue weighted by molar-refractivity contribution is 5.97. The number of urea groups is 1. The molecule has 0 bridgehead atoms. The lowest BCUT2D eigenvalue weighted by Gasteiger charge is -2.37. The number of amides is 3. The Labute approximate surface area is 161 Å². The monoisotopic (exact) mass is 380 g/mol. The molecule has 1 saturated carbocycles. The van der Waals surface area contributed by atoms with E-state index in [4.69, 9.17) is 5.73 Å². The van der Waals surface area contributed by atoms with Crippen molar-refractivity contribution in [3.8, 4) is 0 Å². The molecule has 2 atom stereocenters. The van der Waals surface area contributed by atoms with Crippen LogP contribution in [0.1, 0.15) is 45.1 Å². The summed E-state index contributed by atoms with van der Waals surface area (Å²) in [4.78, 5) is 26.6. The van der Waals surface area contributed by atoms with E-state index in [1.807, 2.05) is 32.0 Å². The van der Waals surface area contributed by atoms with E-state index in [1.165, 1.54) is 0 Å². The summed E-state index contributed by atoms with van der Waals surface area (Å²) in [5, 5.41) is 5.85. The highest BCUT2D eigenvalue weighted by Gasteiger charge is 2.38. The summed E-state index contributed by atoms with van der Waals surface area (Å²) < 4.78 is 0. The van der Waals surface area contributed by atoms with Crippen LogP contribution in [0.25, 0.3) is 0 Å². The average molecular weight is 381 g/mol. The van der Waals surface area contributed by atoms with Gasteiger partial charge in [0.1, 0.15) is 0 Å². The standard InChI is InChI=1S/C19H28N4O2.ClH/c1-3-21-18(25)23-11-9-13-7-8-14(12-16(13)23)22-17(24)15-6-4-5-10-19(15,2)20;/h7-8,12,15H,3-6,9-11,20H2,1-2H3,(H,21,25)(H,22,24);1H. The molecule has 4 N–H and O–H groups in total. The molecular formula is C19H29ClN4O2. The average Bonchev–Trinajstić information content (AvgIpc) is 2.97. The van der Waals surface area contributed by atoms with Crippen molar-refractivity contribution < 1.29 is 9.59 Å². The largest absolute Gasteiger partial charge is 0.338 e. The minimum absolute atomic E-state index is 0. The van der Waals surface area contributed by atoms with E-state index in [2.05, 4.69) is 10.6 Å². The Morgan fingerprint density at radius 1 is 1.35 bits per heavy atom. The van der Waals surface area contributed by atoms with Crippen LogP contribution in [0.3, 0.4) is 0 Å². The number of carbonyl (C=O) groups excluding carboxylic acids is 2. The molecule has 1 aliphatic carbocycles. The predicted molar refractivity (Wildman–Crippen MR) is 107 cm³/mol. The molecule has 26 heavy (non-hydrogen) atoms. The lowest BCUT2D eigenvalue weighted by atomic mass is 9.74. The molecule has 3 rings (SSSR count). The minimum atomic E-state index is -0.452. The molecular weight excluding hydrogens is 352 g/mol. The zero-order chi connectivity index (χ0) is 18.0. The SMILES string of the molecule is CCNC(=O)N1CCc2ccc(NC(=O)C3CCCCC3(C)N)cc21.Cl. The lowest BCUT2D eigenvalue weighted by molar-refractivity contribution is -0.122. The van der Waals surface area contributed by atoms with E-state index in [0.29, 0.717) is 13.1 Å². The number of halogens is 1. The summed E-state index contributed by atoms with van der Waals surface area (Å²) in [5.74, 6) is -0.193. The van der Waals surface area contributed by atoms with Gasteiger partial charge < -0.3 is 16.4 Å². The first kappa shape index (κ1) is 20.5. The van der Waals surface area contributed by atoms with Gasteiger partial charge in [0.05, 0.1) is 11.6 Å². The molecule has 1 heterocycles. The normalized spacial score (nSPS) is 24.4. The predicted octanol–water partition coefficient (Wildman–Crippen LogP) is 3.05. The quantitative estimate of drug-likeness (QED) is 0.753. The van der Waals surface area contributed by atoms with Crippen LogP contribution < -0.4 is 21.3 Å². The molecule has 0 aromatic heterocycles. The van der Waals surface area contributed by atoms with Gasteiger partial charge in [-0.05, 0) is 50.8 Å². The van der Waals surface area contributed by atoms with Gasteiger partial charge in [-0.1, -0.05) is 18.9 Å². The van der Waals surface area contributed by atoms with Crippen LogP contribution in [0.2, 0.25) is 0 Å². The zero-order valence-corrected chi connectivity index (χ0v) is 16.3. The highest BCUT2D eigenvalue weighted by atomic mass is 35.5. The maximum Gasteiger partial charge on any atom is 0.321 e. The van der Waals surface area contributed by atoms with Crippen molar-refractivity contribution in [2.45, 2.75) is 51.5 Å². The van der Waals surface area contributed by atoms with Gasteiger partial charge >= 0.3 is 6.03 Å². The minimum Gasteiger partial charge on any atom is -0.338 e. The molecule has 7 heteroatoms. The summed E-state index contributed by atoms with van der Waals surface area (Å²) in [6, 6.07) is 5.71. The Morgan fingerprint density at radius 3 is 2.81 bits per heavy atom. The van der Waals surface area contributed by atoms with Crippen molar-refractivity contribution in [1.29, 1.82) is 0 Å². The summed E-state index contributed by atoms with van der Waals surface area (Å²) in [6.45, 7) is 5.13. The fourth-order valence-corrected chi connectivity index (χ4v) is 3.93. The van der Waals surface area contributed by atoms with Gasteiger partial charge in [0, 0.05) is 24.3 Å². The molecule has 1 aromatic rings. The van der Waals surface area contributed by atoms with Crippen molar-refractivity contribution in [2.24, 2.45) is 11.7 Å². The van der Waals surface area contributed by atoms with Crippen LogP contribution in [-0.4, -0.2) is 30.6 Å². The summed E-state index contributed by atoms with van der Waals surface area (Å²) in [5.41, 5.74) is 8.62. The van der Waals surface area contributed by atoms with Crippen molar-refractivity contribution in [3.05, 3.63) is 23.8 Å². The van der Waals surface area contributed by atoms with E-state index in [1.54, 1.807) is 4.90 Å². The van der Waals surface area contributed by atoms with Crippen molar-refractivity contribution in [3.63, 3.8) is 0 Å². The third-order valence-corrected chi connectivity index (χ3v) is 5.39. The second-order valence-corrected chi connectivity index (χ2v) is 7.37. The number of nitrogens with one attached hydrogen (secondary N) is 2. The molecule has 2 aliphatic rings. The highest BCUT2D eigenvalue weighted by Crippen LogP contribution is 2.34. The molecule has 3 amide bonds. The lowest BCUT2D eigenvalue weighted by Crippen LogP contribution is -2.51. The molecule has 1 fully saturated rings. The topological polar surface area (TPSA) is 87.5 Å². The summed E-state index contributed by atoms with van der Waals surface area (Å²) >= 11 is 0. The second kappa shape index (κ2) is 8.27. The number of nitrogens with two attached hydrogens (primary N) is 1. The van der Waals surface area contributed by atoms with Crippen LogP contribution in [-0.2, 0) is 11.2 Å². The van der Waals surface area contributed by atoms with E-state index in [0.717, 1.165) is 49.0 Å². The number of anilines is 2. The fraction of sp³-hybridized carbons (Fsp3) is 0.579. The van der Waals surface area contributed by atoms with E-state index >= 15 is 0 Å². The van der Waals surface area contributed by atoms with E-state index < -0.39 is 5.54 Å². The van der Waals surface area contributed by atoms with Crippen molar-refractivity contribution in [2.75, 3.05) is 23.3 Å². The maximum atomic E-state index is 12.7. The number of nitrogens with zero attached hydrogens (tertiary/aromatic N) is 1. The van der Waals surface area contributed by atoms with Crippen molar-refractivity contribution >= 4 is 35.7 Å². The second-order valence-electron chi connectivity index (χ2n) is 7.37. The third kappa shape index (κ3) is 4.13. The van der Waals surface area contributed by atoms with Crippen molar-refractivity contribution in [1.82, 2.24) is 5.32 Å². The molecule has 2 unspecified atom stereocenters. The molecule has 0 spiro atoms. The van der Waals surface area contributed by atoms with Crippen LogP contribution in [0.15, 0.2) is 18.2 Å². The first-order valence-corrected chi connectivity index (χ1v) is 9.20. The van der Waals surface area contributed by atoms with Crippen LogP contribution in [0.4, 0.5) is 16.2 Å². The zero-order valence-electron chi connectivity index (χ0n) is 15.5. The molecule has 1 aromatic carbocycles. The molecule has 0 saturated heterocycles. The number of hydrogen-bond acceptors (Lipinski definition) is 3. The number of carbonyl (C=O) groups is 2. The van der Waals surface area contributed by atoms with Gasteiger partial charge in [-0.2, -0.15) is 0 Å². The van der Waals surface area contributed by atoms with Gasteiger partial charge in [-0.25, -0.2) is 4.79 Å². The van der Waals surface area contributed by atoms with Gasteiger partial charge in [0.15, 0.2) is 0 Å². The number of benzene rings is 1.